The first-order valence-corrected chi connectivity index (χ1v) is 6.96. The Morgan fingerprint density at radius 1 is 1.11 bits per heavy atom. The lowest BCUT2D eigenvalue weighted by Gasteiger charge is -2.05. The quantitative estimate of drug-likeness (QED) is 0.862. The van der Waals surface area contributed by atoms with Crippen LogP contribution < -0.4 is 5.73 Å². The van der Waals surface area contributed by atoms with Gasteiger partial charge in [-0.25, -0.2) is 4.39 Å². The molecule has 18 heavy (non-hydrogen) atoms. The standard InChI is InChI=1S/C14H14FNOS/c15-13-10-12(16)6-7-14(13)18(17)9-8-11-4-2-1-3-5-11/h1-7,10H,8-9,16H2. The molecule has 0 fully saturated rings. The largest absolute Gasteiger partial charge is 0.399 e. The van der Waals surface area contributed by atoms with Crippen LogP contribution in [0.15, 0.2) is 53.4 Å². The highest BCUT2D eigenvalue weighted by molar-refractivity contribution is 7.85. The van der Waals surface area contributed by atoms with Crippen LogP contribution >= 0.6 is 0 Å². The molecule has 0 radical (unpaired) electrons. The number of halogens is 1. The highest BCUT2D eigenvalue weighted by Gasteiger charge is 2.10. The third-order valence-electron chi connectivity index (χ3n) is 2.62. The molecular formula is C14H14FNOS. The van der Waals surface area contributed by atoms with E-state index in [9.17, 15) is 8.60 Å². The Labute approximate surface area is 108 Å². The van der Waals surface area contributed by atoms with E-state index < -0.39 is 16.6 Å². The third kappa shape index (κ3) is 3.17. The number of hydrogen-bond acceptors (Lipinski definition) is 2. The van der Waals surface area contributed by atoms with E-state index in [0.717, 1.165) is 5.56 Å². The molecule has 0 bridgehead atoms. The van der Waals surface area contributed by atoms with Crippen molar-refractivity contribution in [3.8, 4) is 0 Å². The van der Waals surface area contributed by atoms with Gasteiger partial charge in [0.25, 0.3) is 0 Å². The van der Waals surface area contributed by atoms with Gasteiger partial charge in [-0.1, -0.05) is 30.3 Å². The lowest BCUT2D eigenvalue weighted by Crippen LogP contribution is -2.04. The van der Waals surface area contributed by atoms with Crippen molar-refractivity contribution in [1.29, 1.82) is 0 Å². The summed E-state index contributed by atoms with van der Waals surface area (Å²) in [5.41, 5.74) is 6.90. The van der Waals surface area contributed by atoms with Crippen molar-refractivity contribution in [2.45, 2.75) is 11.3 Å². The van der Waals surface area contributed by atoms with E-state index in [1.165, 1.54) is 12.1 Å². The van der Waals surface area contributed by atoms with Crippen LogP contribution in [-0.2, 0) is 17.2 Å². The summed E-state index contributed by atoms with van der Waals surface area (Å²) in [5, 5.41) is 0. The Bertz CT molecular complexity index is 557. The first-order chi connectivity index (χ1) is 8.66. The summed E-state index contributed by atoms with van der Waals surface area (Å²) in [5.74, 6) is -0.0911. The summed E-state index contributed by atoms with van der Waals surface area (Å²) < 4.78 is 25.5. The molecule has 1 unspecified atom stereocenters. The van der Waals surface area contributed by atoms with Crippen LogP contribution in [0, 0.1) is 5.82 Å². The van der Waals surface area contributed by atoms with Gasteiger partial charge < -0.3 is 5.73 Å². The van der Waals surface area contributed by atoms with Crippen molar-refractivity contribution >= 4 is 16.5 Å². The maximum Gasteiger partial charge on any atom is 0.141 e. The van der Waals surface area contributed by atoms with Gasteiger partial charge in [0.2, 0.25) is 0 Å². The van der Waals surface area contributed by atoms with E-state index in [2.05, 4.69) is 0 Å². The van der Waals surface area contributed by atoms with E-state index in [1.807, 2.05) is 30.3 Å². The van der Waals surface area contributed by atoms with Gasteiger partial charge in [0, 0.05) is 11.4 Å². The molecule has 1 atom stereocenters. The van der Waals surface area contributed by atoms with Gasteiger partial charge in [0.05, 0.1) is 15.7 Å². The van der Waals surface area contributed by atoms with E-state index in [-0.39, 0.29) is 4.90 Å². The van der Waals surface area contributed by atoms with E-state index >= 15 is 0 Å². The Balaban J connectivity index is 2.04. The summed E-state index contributed by atoms with van der Waals surface area (Å²) in [6, 6.07) is 14.0. The van der Waals surface area contributed by atoms with Crippen LogP contribution in [0.4, 0.5) is 10.1 Å². The van der Waals surface area contributed by atoms with E-state index in [0.29, 0.717) is 17.9 Å². The minimum absolute atomic E-state index is 0.222. The zero-order chi connectivity index (χ0) is 13.0. The fourth-order valence-electron chi connectivity index (χ4n) is 1.67. The zero-order valence-corrected chi connectivity index (χ0v) is 10.6. The second-order valence-electron chi connectivity index (χ2n) is 3.98. The van der Waals surface area contributed by atoms with Gasteiger partial charge in [0.1, 0.15) is 5.82 Å². The minimum Gasteiger partial charge on any atom is -0.399 e. The number of hydrogen-bond donors (Lipinski definition) is 1. The molecule has 2 nitrogen and oxygen atoms in total. The van der Waals surface area contributed by atoms with Crippen molar-refractivity contribution in [1.82, 2.24) is 0 Å². The highest BCUT2D eigenvalue weighted by atomic mass is 32.2. The van der Waals surface area contributed by atoms with Crippen LogP contribution in [-0.4, -0.2) is 9.96 Å². The monoisotopic (exact) mass is 263 g/mol. The topological polar surface area (TPSA) is 43.1 Å². The van der Waals surface area contributed by atoms with Gasteiger partial charge >= 0.3 is 0 Å². The molecule has 0 aliphatic carbocycles. The molecule has 0 aliphatic rings. The number of aryl methyl sites for hydroxylation is 1. The molecule has 0 aromatic heterocycles. The van der Waals surface area contributed by atoms with Crippen LogP contribution in [0.5, 0.6) is 0 Å². The summed E-state index contributed by atoms with van der Waals surface area (Å²) in [7, 11) is -1.33. The number of rotatable bonds is 4. The van der Waals surface area contributed by atoms with Gasteiger partial charge in [-0.05, 0) is 30.2 Å². The first kappa shape index (κ1) is 12.8. The fraction of sp³-hybridized carbons (Fsp3) is 0.143. The van der Waals surface area contributed by atoms with Gasteiger partial charge in [-0.2, -0.15) is 0 Å². The number of anilines is 1. The van der Waals surface area contributed by atoms with E-state index in [4.69, 9.17) is 5.73 Å². The number of nitrogens with two attached hydrogens (primary N) is 1. The summed E-state index contributed by atoms with van der Waals surface area (Å²) in [4.78, 5) is 0.222. The van der Waals surface area contributed by atoms with Crippen LogP contribution in [0.3, 0.4) is 0 Å². The Kier molecular flexibility index (Phi) is 4.10. The molecule has 0 heterocycles. The predicted molar refractivity (Wildman–Crippen MR) is 72.2 cm³/mol. The Morgan fingerprint density at radius 3 is 2.50 bits per heavy atom. The highest BCUT2D eigenvalue weighted by Crippen LogP contribution is 2.16. The van der Waals surface area contributed by atoms with Crippen molar-refractivity contribution in [2.24, 2.45) is 0 Å². The first-order valence-electron chi connectivity index (χ1n) is 5.64. The SMILES string of the molecule is Nc1ccc(S(=O)CCc2ccccc2)c(F)c1. The van der Waals surface area contributed by atoms with Gasteiger partial charge in [-0.15, -0.1) is 0 Å². The van der Waals surface area contributed by atoms with Gasteiger partial charge in [0.15, 0.2) is 0 Å². The molecule has 0 spiro atoms. The minimum atomic E-state index is -1.33. The van der Waals surface area contributed by atoms with Crippen LogP contribution in [0.1, 0.15) is 5.56 Å². The molecule has 0 amide bonds. The lowest BCUT2D eigenvalue weighted by atomic mass is 10.2. The second-order valence-corrected chi connectivity index (χ2v) is 5.51. The molecular weight excluding hydrogens is 249 g/mol. The number of nitrogen functional groups attached to an aromatic ring is 1. The molecule has 4 heteroatoms. The Hall–Kier alpha value is -1.68. The summed E-state index contributed by atoms with van der Waals surface area (Å²) in [6.45, 7) is 0. The van der Waals surface area contributed by atoms with Crippen molar-refractivity contribution < 1.29 is 8.60 Å². The smallest absolute Gasteiger partial charge is 0.141 e. The summed E-state index contributed by atoms with van der Waals surface area (Å²) >= 11 is 0. The van der Waals surface area contributed by atoms with Crippen molar-refractivity contribution in [3.05, 3.63) is 59.9 Å². The van der Waals surface area contributed by atoms with Gasteiger partial charge in [-0.3, -0.25) is 4.21 Å². The van der Waals surface area contributed by atoms with Crippen molar-refractivity contribution in [2.75, 3.05) is 11.5 Å². The van der Waals surface area contributed by atoms with Crippen LogP contribution in [0.2, 0.25) is 0 Å². The normalized spacial score (nSPS) is 12.3. The number of benzene rings is 2. The fourth-order valence-corrected chi connectivity index (χ4v) is 2.80. The van der Waals surface area contributed by atoms with Crippen LogP contribution in [0.25, 0.3) is 0 Å². The summed E-state index contributed by atoms with van der Waals surface area (Å²) in [6.07, 6.45) is 0.664. The zero-order valence-electron chi connectivity index (χ0n) is 9.80. The lowest BCUT2D eigenvalue weighted by molar-refractivity contribution is 0.596. The Morgan fingerprint density at radius 2 is 1.83 bits per heavy atom. The van der Waals surface area contributed by atoms with Crippen molar-refractivity contribution in [3.63, 3.8) is 0 Å². The molecule has 2 aromatic carbocycles. The molecule has 94 valence electrons. The maximum atomic E-state index is 13.6. The predicted octanol–water partition coefficient (Wildman–Crippen LogP) is 2.76. The average Bonchev–Trinajstić information content (AvgIpc) is 2.37. The third-order valence-corrected chi connectivity index (χ3v) is 4.02. The van der Waals surface area contributed by atoms with E-state index in [1.54, 1.807) is 6.07 Å². The maximum absolute atomic E-state index is 13.6. The second kappa shape index (κ2) is 5.78. The molecule has 0 saturated carbocycles. The average molecular weight is 263 g/mol. The molecule has 2 aromatic rings. The molecule has 0 aliphatic heterocycles. The molecule has 2 N–H and O–H groups in total. The molecule has 2 rings (SSSR count). The molecule has 0 saturated heterocycles.